The van der Waals surface area contributed by atoms with Crippen LogP contribution in [0.2, 0.25) is 0 Å². The van der Waals surface area contributed by atoms with Crippen LogP contribution in [-0.2, 0) is 4.79 Å². The van der Waals surface area contributed by atoms with Crippen LogP contribution in [-0.4, -0.2) is 20.5 Å². The molecule has 4 aromatic rings. The van der Waals surface area contributed by atoms with Gasteiger partial charge in [-0.25, -0.2) is 9.50 Å². The summed E-state index contributed by atoms with van der Waals surface area (Å²) in [6.45, 7) is 1.49. The summed E-state index contributed by atoms with van der Waals surface area (Å²) in [5, 5.41) is 6.13. The van der Waals surface area contributed by atoms with Crippen LogP contribution in [0.15, 0.2) is 54.6 Å². The SMILES string of the molecule is CC(=O)Nc1ccc2c(c1)nc1cc(-c3ccccc3)[nH]n12. The zero-order valence-electron chi connectivity index (χ0n) is 12.0. The lowest BCUT2D eigenvalue weighted by molar-refractivity contribution is -0.114. The number of fused-ring (bicyclic) bond motifs is 3. The molecule has 22 heavy (non-hydrogen) atoms. The van der Waals surface area contributed by atoms with Crippen molar-refractivity contribution in [1.29, 1.82) is 0 Å². The summed E-state index contributed by atoms with van der Waals surface area (Å²) in [7, 11) is 0. The number of aromatic amines is 1. The van der Waals surface area contributed by atoms with Crippen LogP contribution in [0.4, 0.5) is 5.69 Å². The molecule has 0 bridgehead atoms. The van der Waals surface area contributed by atoms with E-state index in [4.69, 9.17) is 0 Å². The van der Waals surface area contributed by atoms with Gasteiger partial charge < -0.3 is 5.32 Å². The Morgan fingerprint density at radius 1 is 1.14 bits per heavy atom. The Labute approximate surface area is 126 Å². The second-order valence-corrected chi connectivity index (χ2v) is 5.23. The lowest BCUT2D eigenvalue weighted by Crippen LogP contribution is -2.05. The Kier molecular flexibility index (Phi) is 2.72. The second-order valence-electron chi connectivity index (χ2n) is 5.23. The minimum absolute atomic E-state index is 0.0875. The smallest absolute Gasteiger partial charge is 0.221 e. The summed E-state index contributed by atoms with van der Waals surface area (Å²) in [5.74, 6) is -0.0875. The molecule has 5 nitrogen and oxygen atoms in total. The molecule has 0 saturated heterocycles. The van der Waals surface area contributed by atoms with Crippen molar-refractivity contribution in [2.45, 2.75) is 6.92 Å². The minimum atomic E-state index is -0.0875. The van der Waals surface area contributed by atoms with Gasteiger partial charge in [0.1, 0.15) is 0 Å². The van der Waals surface area contributed by atoms with Crippen LogP contribution in [0.25, 0.3) is 27.9 Å². The molecular weight excluding hydrogens is 276 g/mol. The molecule has 2 aromatic heterocycles. The number of H-pyrrole nitrogens is 1. The highest BCUT2D eigenvalue weighted by molar-refractivity contribution is 5.92. The first-order chi connectivity index (χ1) is 10.7. The van der Waals surface area contributed by atoms with Gasteiger partial charge in [0.05, 0.1) is 16.7 Å². The number of amides is 1. The van der Waals surface area contributed by atoms with Gasteiger partial charge in [-0.3, -0.25) is 9.89 Å². The summed E-state index contributed by atoms with van der Waals surface area (Å²) in [4.78, 5) is 15.7. The Bertz CT molecular complexity index is 982. The number of benzene rings is 2. The molecule has 0 unspecified atom stereocenters. The van der Waals surface area contributed by atoms with E-state index >= 15 is 0 Å². The highest BCUT2D eigenvalue weighted by Gasteiger charge is 2.10. The molecule has 0 aliphatic rings. The van der Waals surface area contributed by atoms with Gasteiger partial charge in [0, 0.05) is 18.7 Å². The standard InChI is InChI=1S/C17H14N4O/c1-11(22)18-13-7-8-16-15(9-13)19-17-10-14(20-21(16)17)12-5-3-2-4-6-12/h2-10,20H,1H3,(H,18,22). The van der Waals surface area contributed by atoms with Gasteiger partial charge in [0.25, 0.3) is 0 Å². The number of carbonyl (C=O) groups excluding carboxylic acids is 1. The summed E-state index contributed by atoms with van der Waals surface area (Å²) >= 11 is 0. The topological polar surface area (TPSA) is 62.2 Å². The lowest BCUT2D eigenvalue weighted by Gasteiger charge is -2.01. The minimum Gasteiger partial charge on any atom is -0.326 e. The van der Waals surface area contributed by atoms with Gasteiger partial charge in [0.15, 0.2) is 5.65 Å². The van der Waals surface area contributed by atoms with E-state index in [0.29, 0.717) is 0 Å². The first-order valence-corrected chi connectivity index (χ1v) is 7.05. The van der Waals surface area contributed by atoms with Crippen LogP contribution >= 0.6 is 0 Å². The van der Waals surface area contributed by atoms with E-state index in [9.17, 15) is 4.79 Å². The van der Waals surface area contributed by atoms with E-state index in [-0.39, 0.29) is 5.91 Å². The summed E-state index contributed by atoms with van der Waals surface area (Å²) in [6, 6.07) is 17.9. The van der Waals surface area contributed by atoms with Crippen molar-refractivity contribution >= 4 is 28.3 Å². The monoisotopic (exact) mass is 290 g/mol. The Hall–Kier alpha value is -3.08. The number of hydrogen-bond donors (Lipinski definition) is 2. The molecule has 0 aliphatic heterocycles. The highest BCUT2D eigenvalue weighted by atomic mass is 16.1. The molecule has 108 valence electrons. The van der Waals surface area contributed by atoms with E-state index in [0.717, 1.165) is 33.6 Å². The molecule has 1 amide bonds. The average molecular weight is 290 g/mol. The van der Waals surface area contributed by atoms with Crippen molar-refractivity contribution in [1.82, 2.24) is 14.6 Å². The van der Waals surface area contributed by atoms with E-state index in [1.54, 1.807) is 0 Å². The van der Waals surface area contributed by atoms with Gasteiger partial charge in [-0.1, -0.05) is 30.3 Å². The van der Waals surface area contributed by atoms with Crippen molar-refractivity contribution in [2.24, 2.45) is 0 Å². The average Bonchev–Trinajstić information content (AvgIpc) is 3.04. The molecule has 0 atom stereocenters. The number of anilines is 1. The number of aromatic nitrogens is 3. The Morgan fingerprint density at radius 2 is 1.95 bits per heavy atom. The number of nitrogens with zero attached hydrogens (tertiary/aromatic N) is 2. The predicted molar refractivity (Wildman–Crippen MR) is 86.8 cm³/mol. The van der Waals surface area contributed by atoms with Crippen molar-refractivity contribution in [3.8, 4) is 11.3 Å². The van der Waals surface area contributed by atoms with Crippen LogP contribution in [0, 0.1) is 0 Å². The van der Waals surface area contributed by atoms with Gasteiger partial charge in [-0.2, -0.15) is 0 Å². The number of hydrogen-bond acceptors (Lipinski definition) is 2. The predicted octanol–water partition coefficient (Wildman–Crippen LogP) is 3.44. The molecule has 2 aromatic carbocycles. The third-order valence-electron chi connectivity index (χ3n) is 3.59. The van der Waals surface area contributed by atoms with Crippen molar-refractivity contribution in [3.63, 3.8) is 0 Å². The highest BCUT2D eigenvalue weighted by Crippen LogP contribution is 2.24. The number of nitrogens with one attached hydrogen (secondary N) is 2. The fourth-order valence-corrected chi connectivity index (χ4v) is 2.64. The molecule has 2 N–H and O–H groups in total. The first kappa shape index (κ1) is 12.6. The van der Waals surface area contributed by atoms with Crippen LogP contribution in [0.1, 0.15) is 6.92 Å². The molecule has 4 rings (SSSR count). The van der Waals surface area contributed by atoms with E-state index in [1.807, 2.05) is 47.0 Å². The molecule has 0 saturated carbocycles. The summed E-state index contributed by atoms with van der Waals surface area (Å²) in [6.07, 6.45) is 0. The molecule has 0 radical (unpaired) electrons. The molecule has 0 fully saturated rings. The summed E-state index contributed by atoms with van der Waals surface area (Å²) < 4.78 is 1.95. The zero-order chi connectivity index (χ0) is 15.1. The van der Waals surface area contributed by atoms with Gasteiger partial charge in [-0.05, 0) is 23.8 Å². The Morgan fingerprint density at radius 3 is 2.73 bits per heavy atom. The van der Waals surface area contributed by atoms with Gasteiger partial charge in [0.2, 0.25) is 5.91 Å². The van der Waals surface area contributed by atoms with E-state index in [2.05, 4.69) is 27.5 Å². The maximum Gasteiger partial charge on any atom is 0.221 e. The van der Waals surface area contributed by atoms with Gasteiger partial charge >= 0.3 is 0 Å². The molecular formula is C17H14N4O. The first-order valence-electron chi connectivity index (χ1n) is 7.05. The normalized spacial score (nSPS) is 11.1. The maximum absolute atomic E-state index is 11.1. The molecule has 5 heteroatoms. The quantitative estimate of drug-likeness (QED) is 0.594. The second kappa shape index (κ2) is 4.73. The molecule has 0 spiro atoms. The fourth-order valence-electron chi connectivity index (χ4n) is 2.64. The molecule has 0 aliphatic carbocycles. The largest absolute Gasteiger partial charge is 0.326 e. The summed E-state index contributed by atoms with van der Waals surface area (Å²) in [5.41, 5.74) is 5.58. The van der Waals surface area contributed by atoms with Crippen molar-refractivity contribution < 1.29 is 4.79 Å². The van der Waals surface area contributed by atoms with Crippen LogP contribution < -0.4 is 5.32 Å². The van der Waals surface area contributed by atoms with Crippen molar-refractivity contribution in [3.05, 3.63) is 54.6 Å². The zero-order valence-corrected chi connectivity index (χ0v) is 12.0. The number of imidazole rings is 1. The van der Waals surface area contributed by atoms with E-state index < -0.39 is 0 Å². The fraction of sp³-hybridized carbons (Fsp3) is 0.0588. The van der Waals surface area contributed by atoms with Gasteiger partial charge in [-0.15, -0.1) is 0 Å². The Balaban J connectivity index is 1.83. The number of rotatable bonds is 2. The molecule has 2 heterocycles. The third-order valence-corrected chi connectivity index (χ3v) is 3.59. The van der Waals surface area contributed by atoms with Crippen molar-refractivity contribution in [2.75, 3.05) is 5.32 Å². The number of carbonyl (C=O) groups is 1. The van der Waals surface area contributed by atoms with Crippen LogP contribution in [0.5, 0.6) is 0 Å². The maximum atomic E-state index is 11.1. The van der Waals surface area contributed by atoms with Crippen LogP contribution in [0.3, 0.4) is 0 Å². The third kappa shape index (κ3) is 2.03. The van der Waals surface area contributed by atoms with E-state index in [1.165, 1.54) is 6.92 Å². The lowest BCUT2D eigenvalue weighted by atomic mass is 10.2.